The molecule has 10 heteroatoms. The topological polar surface area (TPSA) is 71.1 Å². The van der Waals surface area contributed by atoms with Crippen LogP contribution in [0.2, 0.25) is 0 Å². The van der Waals surface area contributed by atoms with E-state index in [0.29, 0.717) is 98.1 Å². The van der Waals surface area contributed by atoms with Crippen LogP contribution >= 0.6 is 48.8 Å². The van der Waals surface area contributed by atoms with E-state index in [1.54, 1.807) is 12.1 Å². The Kier molecular flexibility index (Phi) is 13.8. The van der Waals surface area contributed by atoms with Crippen molar-refractivity contribution >= 4 is 60.3 Å². The summed E-state index contributed by atoms with van der Waals surface area (Å²) in [6, 6.07) is 10.9. The monoisotopic (exact) mass is 568 g/mol. The van der Waals surface area contributed by atoms with E-state index in [0.717, 1.165) is 9.79 Å². The Balaban J connectivity index is 1.60. The maximum Gasteiger partial charge on any atom is 0.196 e. The van der Waals surface area contributed by atoms with Gasteiger partial charge in [-0.1, -0.05) is 24.3 Å². The Hall–Kier alpha value is -0.980. The van der Waals surface area contributed by atoms with Gasteiger partial charge in [-0.3, -0.25) is 9.59 Å². The smallest absolute Gasteiger partial charge is 0.196 e. The zero-order valence-electron chi connectivity index (χ0n) is 20.1. The van der Waals surface area contributed by atoms with Gasteiger partial charge in [-0.05, 0) is 12.1 Å². The molecule has 196 valence electrons. The number of thioether (sulfide) groups is 2. The average Bonchev–Trinajstić information content (AvgIpc) is 2.90. The summed E-state index contributed by atoms with van der Waals surface area (Å²) >= 11 is 11.3. The van der Waals surface area contributed by atoms with Crippen molar-refractivity contribution in [2.45, 2.75) is 9.79 Å². The van der Waals surface area contributed by atoms with Crippen LogP contribution in [0.4, 0.5) is 0 Å². The highest BCUT2D eigenvalue weighted by atomic mass is 32.2. The fraction of sp³-hybridized carbons (Fsp3) is 0.462. The molecule has 0 saturated heterocycles. The van der Waals surface area contributed by atoms with E-state index in [4.69, 9.17) is 18.9 Å². The summed E-state index contributed by atoms with van der Waals surface area (Å²) in [5.41, 5.74) is 1.90. The molecular formula is C26H32O6S4. The summed E-state index contributed by atoms with van der Waals surface area (Å²) in [6.45, 7) is 4.35. The number of rotatable bonds is 18. The Morgan fingerprint density at radius 3 is 1.39 bits per heavy atom. The molecule has 0 aliphatic heterocycles. The first kappa shape index (κ1) is 29.6. The van der Waals surface area contributed by atoms with Gasteiger partial charge in [0.25, 0.3) is 0 Å². The standard InChI is InChI=1S/C26H32O6S4/c27-25-19-3-1-5-21(35-17-13-31-9-7-29-11-15-33)23(19)26(28)24-20(25)4-2-6-22(24)36-18-14-32-10-8-30-12-16-34/h1-6,33-34H,7-18H2. The number of carbonyl (C=O) groups is 2. The maximum absolute atomic E-state index is 13.7. The second-order valence-electron chi connectivity index (χ2n) is 7.61. The van der Waals surface area contributed by atoms with Crippen LogP contribution in [-0.2, 0) is 18.9 Å². The van der Waals surface area contributed by atoms with E-state index >= 15 is 0 Å². The molecule has 1 aliphatic rings. The van der Waals surface area contributed by atoms with Gasteiger partial charge in [0, 0.05) is 55.1 Å². The van der Waals surface area contributed by atoms with Gasteiger partial charge in [0.05, 0.1) is 52.9 Å². The number of fused-ring (bicyclic) bond motifs is 2. The van der Waals surface area contributed by atoms with Crippen LogP contribution in [0.15, 0.2) is 46.2 Å². The molecule has 1 aliphatic carbocycles. The van der Waals surface area contributed by atoms with E-state index in [1.165, 1.54) is 23.5 Å². The summed E-state index contributed by atoms with van der Waals surface area (Å²) in [5.74, 6) is 2.50. The van der Waals surface area contributed by atoms with Gasteiger partial charge in [0.2, 0.25) is 0 Å². The minimum atomic E-state index is -0.111. The second kappa shape index (κ2) is 16.8. The third-order valence-corrected chi connectivity index (χ3v) is 7.59. The molecule has 2 aromatic rings. The molecule has 0 amide bonds. The highest BCUT2D eigenvalue weighted by Gasteiger charge is 2.33. The van der Waals surface area contributed by atoms with Gasteiger partial charge in [0.1, 0.15) is 0 Å². The van der Waals surface area contributed by atoms with Crippen molar-refractivity contribution in [3.05, 3.63) is 58.7 Å². The summed E-state index contributed by atoms with van der Waals surface area (Å²) in [5, 5.41) is 0. The molecule has 2 aromatic carbocycles. The first-order chi connectivity index (χ1) is 17.7. The first-order valence-corrected chi connectivity index (χ1v) is 15.1. The molecular weight excluding hydrogens is 537 g/mol. The summed E-state index contributed by atoms with van der Waals surface area (Å²) in [6.07, 6.45) is 0. The van der Waals surface area contributed by atoms with Gasteiger partial charge >= 0.3 is 0 Å². The lowest BCUT2D eigenvalue weighted by Crippen LogP contribution is -2.22. The summed E-state index contributed by atoms with van der Waals surface area (Å²) in [7, 11) is 0. The molecule has 0 spiro atoms. The second-order valence-corrected chi connectivity index (χ2v) is 10.8. The molecule has 0 unspecified atom stereocenters. The van der Waals surface area contributed by atoms with E-state index < -0.39 is 0 Å². The Morgan fingerprint density at radius 2 is 0.972 bits per heavy atom. The van der Waals surface area contributed by atoms with E-state index in [1.807, 2.05) is 24.3 Å². The minimum Gasteiger partial charge on any atom is -0.378 e. The SMILES string of the molecule is O=C1c2cccc(SCCOCCOCCS)c2C(=O)c2c(SCCOCCOCCS)cccc21. The average molecular weight is 569 g/mol. The molecule has 36 heavy (non-hydrogen) atoms. The van der Waals surface area contributed by atoms with Crippen LogP contribution in [0.3, 0.4) is 0 Å². The van der Waals surface area contributed by atoms with Crippen molar-refractivity contribution < 1.29 is 28.5 Å². The van der Waals surface area contributed by atoms with Gasteiger partial charge in [-0.25, -0.2) is 0 Å². The molecule has 0 N–H and O–H groups in total. The lowest BCUT2D eigenvalue weighted by atomic mass is 9.84. The van der Waals surface area contributed by atoms with Gasteiger partial charge in [-0.15, -0.1) is 23.5 Å². The van der Waals surface area contributed by atoms with Crippen molar-refractivity contribution in [1.29, 1.82) is 0 Å². The Labute approximate surface area is 232 Å². The largest absolute Gasteiger partial charge is 0.378 e. The quantitative estimate of drug-likeness (QED) is 0.131. The molecule has 3 rings (SSSR count). The zero-order valence-corrected chi connectivity index (χ0v) is 23.5. The zero-order chi connectivity index (χ0) is 25.6. The van der Waals surface area contributed by atoms with E-state index in [-0.39, 0.29) is 11.6 Å². The van der Waals surface area contributed by atoms with Gasteiger partial charge in [-0.2, -0.15) is 25.3 Å². The number of hydrogen-bond donors (Lipinski definition) is 2. The highest BCUT2D eigenvalue weighted by molar-refractivity contribution is 7.99. The third-order valence-electron chi connectivity index (χ3n) is 5.18. The van der Waals surface area contributed by atoms with Crippen LogP contribution in [0, 0.1) is 0 Å². The lowest BCUT2D eigenvalue weighted by Gasteiger charge is -2.22. The predicted molar refractivity (Wildman–Crippen MR) is 152 cm³/mol. The van der Waals surface area contributed by atoms with Crippen LogP contribution in [0.25, 0.3) is 0 Å². The predicted octanol–water partition coefficient (Wildman–Crippen LogP) is 4.57. The first-order valence-electron chi connectivity index (χ1n) is 11.8. The third kappa shape index (κ3) is 8.52. The molecule has 6 nitrogen and oxygen atoms in total. The molecule has 0 radical (unpaired) electrons. The van der Waals surface area contributed by atoms with Crippen molar-refractivity contribution in [3.8, 4) is 0 Å². The van der Waals surface area contributed by atoms with Crippen LogP contribution in [0.1, 0.15) is 31.8 Å². The van der Waals surface area contributed by atoms with Gasteiger partial charge in [0.15, 0.2) is 11.6 Å². The fourth-order valence-electron chi connectivity index (χ4n) is 3.61. The Morgan fingerprint density at radius 1 is 0.556 bits per heavy atom. The van der Waals surface area contributed by atoms with Crippen molar-refractivity contribution in [1.82, 2.24) is 0 Å². The molecule has 0 bridgehead atoms. The lowest BCUT2D eigenvalue weighted by molar-refractivity contribution is 0.0605. The van der Waals surface area contributed by atoms with Crippen LogP contribution < -0.4 is 0 Å². The van der Waals surface area contributed by atoms with E-state index in [9.17, 15) is 9.59 Å². The highest BCUT2D eigenvalue weighted by Crippen LogP contribution is 2.37. The number of carbonyl (C=O) groups excluding carboxylic acids is 2. The maximum atomic E-state index is 13.7. The number of benzene rings is 2. The summed E-state index contributed by atoms with van der Waals surface area (Å²) < 4.78 is 21.9. The van der Waals surface area contributed by atoms with E-state index in [2.05, 4.69) is 25.3 Å². The number of hydrogen-bond acceptors (Lipinski definition) is 10. The molecule has 0 heterocycles. The van der Waals surface area contributed by atoms with Gasteiger partial charge < -0.3 is 18.9 Å². The normalized spacial score (nSPS) is 12.6. The van der Waals surface area contributed by atoms with Crippen molar-refractivity contribution in [2.75, 3.05) is 75.9 Å². The molecule has 0 atom stereocenters. The summed E-state index contributed by atoms with van der Waals surface area (Å²) in [4.78, 5) is 28.6. The van der Waals surface area contributed by atoms with Crippen LogP contribution in [-0.4, -0.2) is 87.4 Å². The van der Waals surface area contributed by atoms with Crippen LogP contribution in [0.5, 0.6) is 0 Å². The molecule has 0 aromatic heterocycles. The number of ether oxygens (including phenoxy) is 4. The molecule has 0 fully saturated rings. The minimum absolute atomic E-state index is 0.104. The van der Waals surface area contributed by atoms with Crippen molar-refractivity contribution in [3.63, 3.8) is 0 Å². The number of thiol groups is 2. The number of ketones is 2. The Bertz CT molecular complexity index is 925. The fourth-order valence-corrected chi connectivity index (χ4v) is 5.76. The van der Waals surface area contributed by atoms with Crippen molar-refractivity contribution in [2.24, 2.45) is 0 Å². The molecule has 0 saturated carbocycles.